The number of sulfonamides is 1. The van der Waals surface area contributed by atoms with Crippen LogP contribution in [0.25, 0.3) is 5.69 Å². The first-order chi connectivity index (χ1) is 22.9. The second kappa shape index (κ2) is 15.3. The van der Waals surface area contributed by atoms with Crippen molar-refractivity contribution < 1.29 is 45.2 Å². The normalized spacial score (nSPS) is 11.9. The molecular weight excluding hydrogens is 756 g/mol. The van der Waals surface area contributed by atoms with Gasteiger partial charge < -0.3 is 13.9 Å². The van der Waals surface area contributed by atoms with Crippen molar-refractivity contribution in [2.45, 2.75) is 52.3 Å². The van der Waals surface area contributed by atoms with Gasteiger partial charge in [0, 0.05) is 23.6 Å². The fourth-order valence-electron chi connectivity index (χ4n) is 3.79. The van der Waals surface area contributed by atoms with Crippen LogP contribution in [0.4, 0.5) is 18.9 Å². The van der Waals surface area contributed by atoms with Gasteiger partial charge in [-0.1, -0.05) is 55.6 Å². The number of hydrogen-bond donors (Lipinski definition) is 1. The van der Waals surface area contributed by atoms with Gasteiger partial charge in [-0.25, -0.2) is 17.9 Å². The van der Waals surface area contributed by atoms with Crippen molar-refractivity contribution in [3.05, 3.63) is 101 Å². The van der Waals surface area contributed by atoms with Gasteiger partial charge in [0.1, 0.15) is 22.8 Å². The molecule has 0 saturated heterocycles. The lowest BCUT2D eigenvalue weighted by Gasteiger charge is -2.13. The third kappa shape index (κ3) is 10.6. The van der Waals surface area contributed by atoms with E-state index in [2.05, 4.69) is 5.10 Å². The summed E-state index contributed by atoms with van der Waals surface area (Å²) >= 11 is 18.1. The maximum Gasteiger partial charge on any atom is 0.442 e. The van der Waals surface area contributed by atoms with Gasteiger partial charge in [-0.15, -0.1) is 5.10 Å². The molecular formula is C30H28Cl3F3N4O9S. The van der Waals surface area contributed by atoms with Crippen LogP contribution < -0.4 is 20.0 Å². The standard InChI is InChI=1S/C15H18Cl2N2O3.C15H10ClF3N2O6S/c1-8(2)21-12-7-11(9(16)6-10(12)17)19-14(20)22-13(18-19)15(3,4)5;1-28(25,26)20-14(22)10-7-9(3-4-12(10)21(23)24)27-13-5-2-8(6-11(13)16)15(17,18)19/h6-8H,1-5H3;2-7H,1H3,(H,20,22). The number of amides is 1. The van der Waals surface area contributed by atoms with Gasteiger partial charge in [0.2, 0.25) is 15.9 Å². The van der Waals surface area contributed by atoms with Crippen LogP contribution in [0, 0.1) is 10.1 Å². The number of halogens is 6. The number of nitro groups is 1. The summed E-state index contributed by atoms with van der Waals surface area (Å²) in [6.45, 7) is 9.47. The van der Waals surface area contributed by atoms with Gasteiger partial charge in [0.25, 0.3) is 11.6 Å². The van der Waals surface area contributed by atoms with E-state index in [0.717, 1.165) is 28.9 Å². The van der Waals surface area contributed by atoms with Gasteiger partial charge in [0.05, 0.1) is 43.6 Å². The van der Waals surface area contributed by atoms with Crippen molar-refractivity contribution in [1.29, 1.82) is 0 Å². The zero-order chi connectivity index (χ0) is 37.9. The number of carbonyl (C=O) groups excluding carboxylic acids is 1. The average molecular weight is 784 g/mol. The number of carbonyl (C=O) groups is 1. The maximum atomic E-state index is 12.7. The summed E-state index contributed by atoms with van der Waals surface area (Å²) in [6, 6.07) is 8.20. The van der Waals surface area contributed by atoms with Crippen molar-refractivity contribution in [3.63, 3.8) is 0 Å². The largest absolute Gasteiger partial charge is 0.489 e. The molecule has 0 aliphatic rings. The van der Waals surface area contributed by atoms with Gasteiger partial charge in [-0.2, -0.15) is 17.9 Å². The molecule has 4 aromatic rings. The van der Waals surface area contributed by atoms with Crippen molar-refractivity contribution in [2.75, 3.05) is 6.26 Å². The number of nitro benzene ring substituents is 1. The Morgan fingerprint density at radius 1 is 1.00 bits per heavy atom. The summed E-state index contributed by atoms with van der Waals surface area (Å²) < 4.78 is 79.2. The molecule has 0 fully saturated rings. The number of hydrogen-bond acceptors (Lipinski definition) is 10. The lowest BCUT2D eigenvalue weighted by molar-refractivity contribution is -0.385. The zero-order valence-electron chi connectivity index (χ0n) is 26.9. The number of rotatable bonds is 8. The van der Waals surface area contributed by atoms with E-state index in [1.807, 2.05) is 34.6 Å². The first-order valence-corrected chi connectivity index (χ1v) is 17.0. The fraction of sp³-hybridized carbons (Fsp3) is 0.300. The quantitative estimate of drug-likeness (QED) is 0.136. The molecule has 0 radical (unpaired) electrons. The number of nitrogens with one attached hydrogen (secondary N) is 1. The average Bonchev–Trinajstić information content (AvgIpc) is 3.36. The fourth-order valence-corrected chi connectivity index (χ4v) is 4.96. The Bertz CT molecular complexity index is 2100. The van der Waals surface area contributed by atoms with Crippen molar-refractivity contribution in [2.24, 2.45) is 0 Å². The van der Waals surface area contributed by atoms with E-state index < -0.39 is 54.6 Å². The van der Waals surface area contributed by atoms with E-state index >= 15 is 0 Å². The predicted molar refractivity (Wildman–Crippen MR) is 179 cm³/mol. The second-order valence-corrected chi connectivity index (χ2v) is 14.6. The van der Waals surface area contributed by atoms with E-state index in [1.165, 1.54) is 6.07 Å². The third-order valence-corrected chi connectivity index (χ3v) is 7.41. The smallest absolute Gasteiger partial charge is 0.442 e. The summed E-state index contributed by atoms with van der Waals surface area (Å²) in [5.74, 6) is -1.52. The van der Waals surface area contributed by atoms with Crippen LogP contribution in [0.2, 0.25) is 15.1 Å². The van der Waals surface area contributed by atoms with Crippen LogP contribution >= 0.6 is 34.8 Å². The Hall–Kier alpha value is -4.32. The highest BCUT2D eigenvalue weighted by atomic mass is 35.5. The summed E-state index contributed by atoms with van der Waals surface area (Å²) in [5.41, 5.74) is -2.36. The van der Waals surface area contributed by atoms with Crippen LogP contribution in [0.3, 0.4) is 0 Å². The number of alkyl halides is 3. The zero-order valence-corrected chi connectivity index (χ0v) is 30.0. The molecule has 4 rings (SSSR count). The molecule has 0 saturated carbocycles. The minimum absolute atomic E-state index is 0.0642. The summed E-state index contributed by atoms with van der Waals surface area (Å²) in [7, 11) is -4.00. The minimum atomic E-state index is -4.62. The summed E-state index contributed by atoms with van der Waals surface area (Å²) in [6.07, 6.45) is -4.00. The molecule has 13 nitrogen and oxygen atoms in total. The van der Waals surface area contributed by atoms with Crippen LogP contribution in [0.5, 0.6) is 17.2 Å². The molecule has 1 aromatic heterocycles. The Labute approximate surface area is 298 Å². The summed E-state index contributed by atoms with van der Waals surface area (Å²) in [4.78, 5) is 34.2. The van der Waals surface area contributed by atoms with E-state index in [-0.39, 0.29) is 28.0 Å². The molecule has 1 amide bonds. The SMILES string of the molecule is CC(C)Oc1cc(-n2nc(C(C)(C)C)oc2=O)c(Cl)cc1Cl.CS(=O)(=O)NC(=O)c1cc(Oc2ccc(C(F)(F)F)cc2Cl)ccc1[N+](=O)[O-]. The summed E-state index contributed by atoms with van der Waals surface area (Å²) in [5, 5.41) is 15.5. The Morgan fingerprint density at radius 3 is 2.12 bits per heavy atom. The lowest BCUT2D eigenvalue weighted by Crippen LogP contribution is -2.29. The maximum absolute atomic E-state index is 12.7. The number of benzene rings is 3. The molecule has 0 bridgehead atoms. The van der Waals surface area contributed by atoms with Crippen molar-refractivity contribution in [3.8, 4) is 22.9 Å². The van der Waals surface area contributed by atoms with Gasteiger partial charge in [-0.3, -0.25) is 14.9 Å². The highest BCUT2D eigenvalue weighted by Crippen LogP contribution is 2.37. The van der Waals surface area contributed by atoms with E-state index in [0.29, 0.717) is 40.7 Å². The predicted octanol–water partition coefficient (Wildman–Crippen LogP) is 7.97. The number of aromatic nitrogens is 2. The molecule has 0 unspecified atom stereocenters. The molecule has 50 heavy (non-hydrogen) atoms. The van der Waals surface area contributed by atoms with Crippen LogP contribution in [-0.4, -0.2) is 41.4 Å². The molecule has 0 aliphatic heterocycles. The number of ether oxygens (including phenoxy) is 2. The molecule has 0 atom stereocenters. The Kier molecular flexibility index (Phi) is 12.3. The molecule has 20 heteroatoms. The van der Waals surface area contributed by atoms with E-state index in [9.17, 15) is 41.3 Å². The van der Waals surface area contributed by atoms with Crippen LogP contribution in [0.1, 0.15) is 56.4 Å². The lowest BCUT2D eigenvalue weighted by atomic mass is 9.97. The van der Waals surface area contributed by atoms with E-state index in [1.54, 1.807) is 10.8 Å². The number of nitrogens with zero attached hydrogens (tertiary/aromatic N) is 3. The van der Waals surface area contributed by atoms with Crippen LogP contribution in [-0.2, 0) is 21.6 Å². The van der Waals surface area contributed by atoms with Gasteiger partial charge >= 0.3 is 11.9 Å². The van der Waals surface area contributed by atoms with Gasteiger partial charge in [-0.05, 0) is 44.2 Å². The highest BCUT2D eigenvalue weighted by molar-refractivity contribution is 7.89. The first-order valence-electron chi connectivity index (χ1n) is 14.0. The molecule has 0 aliphatic carbocycles. The molecule has 1 heterocycles. The van der Waals surface area contributed by atoms with Crippen molar-refractivity contribution >= 4 is 56.4 Å². The highest BCUT2D eigenvalue weighted by Gasteiger charge is 2.31. The monoisotopic (exact) mass is 782 g/mol. The molecule has 3 aromatic carbocycles. The van der Waals surface area contributed by atoms with E-state index in [4.69, 9.17) is 48.7 Å². The first kappa shape index (κ1) is 40.1. The molecule has 270 valence electrons. The third-order valence-electron chi connectivity index (χ3n) is 5.96. The van der Waals surface area contributed by atoms with Crippen LogP contribution in [0.15, 0.2) is 57.7 Å². The van der Waals surface area contributed by atoms with Crippen molar-refractivity contribution in [1.82, 2.24) is 14.5 Å². The minimum Gasteiger partial charge on any atom is -0.489 e. The Morgan fingerprint density at radius 2 is 1.62 bits per heavy atom. The topological polar surface area (TPSA) is 173 Å². The second-order valence-electron chi connectivity index (χ2n) is 11.6. The van der Waals surface area contributed by atoms with Gasteiger partial charge in [0.15, 0.2) is 0 Å². The molecule has 0 spiro atoms. The Balaban J connectivity index is 0.000000278. The molecule has 1 N–H and O–H groups in total.